The molecule has 0 unspecified atom stereocenters. The third kappa shape index (κ3) is 2.60. The van der Waals surface area contributed by atoms with Crippen LogP contribution in [-0.4, -0.2) is 26.5 Å². The van der Waals surface area contributed by atoms with E-state index in [9.17, 15) is 0 Å². The molecule has 2 heterocycles. The summed E-state index contributed by atoms with van der Waals surface area (Å²) in [7, 11) is 3.31. The van der Waals surface area contributed by atoms with Crippen LogP contribution in [0.15, 0.2) is 35.3 Å². The van der Waals surface area contributed by atoms with Crippen LogP contribution >= 0.6 is 22.9 Å². The molecule has 5 heteroatoms. The fourth-order valence-corrected chi connectivity index (χ4v) is 5.05. The van der Waals surface area contributed by atoms with Crippen molar-refractivity contribution >= 4 is 38.7 Å². The van der Waals surface area contributed by atoms with Crippen LogP contribution in [0.5, 0.6) is 11.5 Å². The van der Waals surface area contributed by atoms with Gasteiger partial charge in [-0.1, -0.05) is 23.7 Å². The lowest BCUT2D eigenvalue weighted by atomic mass is 9.95. The number of nitrogens with zero attached hydrogens (tertiary/aromatic N) is 1. The first kappa shape index (κ1) is 16.4. The zero-order valence-electron chi connectivity index (χ0n) is 14.4. The quantitative estimate of drug-likeness (QED) is 0.627. The lowest BCUT2D eigenvalue weighted by molar-refractivity contribution is 0.354. The minimum absolute atomic E-state index is 0.712. The fourth-order valence-electron chi connectivity index (χ4n) is 3.34. The van der Waals surface area contributed by atoms with E-state index in [1.54, 1.807) is 25.6 Å². The summed E-state index contributed by atoms with van der Waals surface area (Å²) in [4.78, 5) is 5.83. The number of hydrogen-bond donors (Lipinski definition) is 0. The van der Waals surface area contributed by atoms with Crippen molar-refractivity contribution in [2.24, 2.45) is 4.99 Å². The van der Waals surface area contributed by atoms with Gasteiger partial charge in [-0.2, -0.15) is 0 Å². The SMILES string of the molecule is COc1cc2c(cc1OC)C(c1sc3cccc(C)c3c1Cl)=NCC2. The maximum atomic E-state index is 6.77. The molecule has 0 atom stereocenters. The number of aliphatic imine (C=N–C) groups is 1. The average molecular weight is 372 g/mol. The fraction of sp³-hybridized carbons (Fsp3) is 0.250. The Morgan fingerprint density at radius 3 is 2.60 bits per heavy atom. The van der Waals surface area contributed by atoms with Crippen molar-refractivity contribution in [1.82, 2.24) is 0 Å². The Morgan fingerprint density at radius 2 is 1.88 bits per heavy atom. The second-order valence-corrected chi connectivity index (χ2v) is 7.47. The highest BCUT2D eigenvalue weighted by Gasteiger charge is 2.24. The number of rotatable bonds is 3. The van der Waals surface area contributed by atoms with Crippen LogP contribution in [0, 0.1) is 6.92 Å². The largest absolute Gasteiger partial charge is 0.493 e. The summed E-state index contributed by atoms with van der Waals surface area (Å²) in [5, 5.41) is 1.92. The Morgan fingerprint density at radius 1 is 1.12 bits per heavy atom. The molecule has 128 valence electrons. The Bertz CT molecular complexity index is 1010. The molecule has 1 aromatic heterocycles. The maximum absolute atomic E-state index is 6.77. The van der Waals surface area contributed by atoms with Gasteiger partial charge in [0.2, 0.25) is 0 Å². The first-order valence-electron chi connectivity index (χ1n) is 8.11. The molecule has 0 saturated carbocycles. The van der Waals surface area contributed by atoms with Crippen molar-refractivity contribution in [1.29, 1.82) is 0 Å². The Labute approximate surface area is 155 Å². The number of ether oxygens (including phenoxy) is 2. The number of hydrogen-bond acceptors (Lipinski definition) is 4. The van der Waals surface area contributed by atoms with E-state index in [4.69, 9.17) is 26.1 Å². The molecule has 2 aromatic carbocycles. The van der Waals surface area contributed by atoms with E-state index in [0.29, 0.717) is 5.75 Å². The molecule has 0 bridgehead atoms. The zero-order chi connectivity index (χ0) is 17.6. The molecular weight excluding hydrogens is 354 g/mol. The van der Waals surface area contributed by atoms with Gasteiger partial charge in [0.25, 0.3) is 0 Å². The molecular formula is C20H18ClNO2S. The van der Waals surface area contributed by atoms with Crippen molar-refractivity contribution in [2.45, 2.75) is 13.3 Å². The molecule has 1 aliphatic rings. The Balaban J connectivity index is 1.93. The van der Waals surface area contributed by atoms with E-state index in [0.717, 1.165) is 45.3 Å². The Hall–Kier alpha value is -2.04. The summed E-state index contributed by atoms with van der Waals surface area (Å²) in [6.45, 7) is 2.84. The molecule has 0 N–H and O–H groups in total. The molecule has 0 aliphatic carbocycles. The molecule has 3 aromatic rings. The minimum atomic E-state index is 0.712. The lowest BCUT2D eigenvalue weighted by Gasteiger charge is -2.19. The van der Waals surface area contributed by atoms with Gasteiger partial charge in [0, 0.05) is 22.2 Å². The number of methoxy groups -OCH3 is 2. The van der Waals surface area contributed by atoms with Gasteiger partial charge in [0.15, 0.2) is 11.5 Å². The smallest absolute Gasteiger partial charge is 0.161 e. The van der Waals surface area contributed by atoms with E-state index >= 15 is 0 Å². The minimum Gasteiger partial charge on any atom is -0.493 e. The van der Waals surface area contributed by atoms with Crippen LogP contribution in [0.1, 0.15) is 21.6 Å². The highest BCUT2D eigenvalue weighted by molar-refractivity contribution is 7.22. The van der Waals surface area contributed by atoms with E-state index in [2.05, 4.69) is 31.2 Å². The van der Waals surface area contributed by atoms with Gasteiger partial charge in [-0.05, 0) is 42.7 Å². The average Bonchev–Trinajstić information content (AvgIpc) is 2.97. The van der Waals surface area contributed by atoms with Gasteiger partial charge in [0.1, 0.15) is 0 Å². The molecule has 0 spiro atoms. The standard InChI is InChI=1S/C20H18ClNO2S/c1-11-5-4-6-16-17(11)18(21)20(25-16)19-13-10-15(24-3)14(23-2)9-12(13)7-8-22-19/h4-6,9-10H,7-8H2,1-3H3. The summed E-state index contributed by atoms with van der Waals surface area (Å²) < 4.78 is 12.1. The summed E-state index contributed by atoms with van der Waals surface area (Å²) in [5.74, 6) is 1.46. The van der Waals surface area contributed by atoms with E-state index in [1.165, 1.54) is 15.8 Å². The van der Waals surface area contributed by atoms with Gasteiger partial charge in [-0.25, -0.2) is 0 Å². The third-order valence-electron chi connectivity index (χ3n) is 4.60. The molecule has 0 radical (unpaired) electrons. The predicted molar refractivity (Wildman–Crippen MR) is 105 cm³/mol. The molecule has 0 amide bonds. The summed E-state index contributed by atoms with van der Waals surface area (Å²) in [5.41, 5.74) is 4.43. The van der Waals surface area contributed by atoms with Crippen LogP contribution in [-0.2, 0) is 6.42 Å². The second-order valence-electron chi connectivity index (χ2n) is 6.04. The molecule has 4 rings (SSSR count). The van der Waals surface area contributed by atoms with Crippen LogP contribution < -0.4 is 9.47 Å². The third-order valence-corrected chi connectivity index (χ3v) is 6.25. The van der Waals surface area contributed by atoms with E-state index < -0.39 is 0 Å². The van der Waals surface area contributed by atoms with E-state index in [-0.39, 0.29) is 0 Å². The van der Waals surface area contributed by atoms with Crippen LogP contribution in [0.25, 0.3) is 10.1 Å². The van der Waals surface area contributed by atoms with Gasteiger partial charge >= 0.3 is 0 Å². The number of aryl methyl sites for hydroxylation is 1. The van der Waals surface area contributed by atoms with Gasteiger partial charge in [-0.15, -0.1) is 11.3 Å². The molecule has 3 nitrogen and oxygen atoms in total. The Kier molecular flexibility index (Phi) is 4.18. The van der Waals surface area contributed by atoms with Crippen LogP contribution in [0.2, 0.25) is 5.02 Å². The number of fused-ring (bicyclic) bond motifs is 2. The van der Waals surface area contributed by atoms with Crippen LogP contribution in [0.4, 0.5) is 0 Å². The highest BCUT2D eigenvalue weighted by Crippen LogP contribution is 2.41. The highest BCUT2D eigenvalue weighted by atomic mass is 35.5. The zero-order valence-corrected chi connectivity index (χ0v) is 15.9. The molecule has 1 aliphatic heterocycles. The maximum Gasteiger partial charge on any atom is 0.161 e. The lowest BCUT2D eigenvalue weighted by Crippen LogP contribution is -2.14. The van der Waals surface area contributed by atoms with E-state index in [1.807, 2.05) is 6.07 Å². The first-order chi connectivity index (χ1) is 12.1. The monoisotopic (exact) mass is 371 g/mol. The summed E-state index contributed by atoms with van der Waals surface area (Å²) in [6.07, 6.45) is 0.890. The molecule has 0 saturated heterocycles. The summed E-state index contributed by atoms with van der Waals surface area (Å²) in [6, 6.07) is 10.3. The second kappa shape index (κ2) is 6.36. The van der Waals surface area contributed by atoms with Crippen molar-refractivity contribution < 1.29 is 9.47 Å². The number of benzene rings is 2. The van der Waals surface area contributed by atoms with Crippen LogP contribution in [0.3, 0.4) is 0 Å². The van der Waals surface area contributed by atoms with Crippen molar-refractivity contribution in [3.63, 3.8) is 0 Å². The van der Waals surface area contributed by atoms with Crippen molar-refractivity contribution in [2.75, 3.05) is 20.8 Å². The number of halogens is 1. The topological polar surface area (TPSA) is 30.8 Å². The number of thiophene rings is 1. The van der Waals surface area contributed by atoms with Gasteiger partial charge in [-0.3, -0.25) is 4.99 Å². The summed E-state index contributed by atoms with van der Waals surface area (Å²) >= 11 is 8.46. The predicted octanol–water partition coefficient (Wildman–Crippen LogP) is 5.27. The molecule has 25 heavy (non-hydrogen) atoms. The van der Waals surface area contributed by atoms with Gasteiger partial charge in [0.05, 0.1) is 29.8 Å². The normalized spacial score (nSPS) is 13.5. The van der Waals surface area contributed by atoms with Gasteiger partial charge < -0.3 is 9.47 Å². The molecule has 0 fully saturated rings. The first-order valence-corrected chi connectivity index (χ1v) is 9.31. The van der Waals surface area contributed by atoms with Crippen molar-refractivity contribution in [3.05, 3.63) is 56.9 Å². The van der Waals surface area contributed by atoms with Crippen molar-refractivity contribution in [3.8, 4) is 11.5 Å².